The number of carbonyl (C=O) groups is 1. The van der Waals surface area contributed by atoms with E-state index in [0.717, 1.165) is 18.5 Å². The Morgan fingerprint density at radius 1 is 1.48 bits per heavy atom. The Bertz CT molecular complexity index is 505. The summed E-state index contributed by atoms with van der Waals surface area (Å²) >= 11 is 6.03. The number of nitrogens with zero attached hydrogens (tertiary/aromatic N) is 1. The fourth-order valence-electron chi connectivity index (χ4n) is 2.81. The third-order valence-corrected chi connectivity index (χ3v) is 4.22. The van der Waals surface area contributed by atoms with Crippen LogP contribution in [-0.4, -0.2) is 43.1 Å². The van der Waals surface area contributed by atoms with Gasteiger partial charge in [0.15, 0.2) is 0 Å². The van der Waals surface area contributed by atoms with Gasteiger partial charge in [0.1, 0.15) is 6.10 Å². The summed E-state index contributed by atoms with van der Waals surface area (Å²) in [5, 5.41) is 0.695. The summed E-state index contributed by atoms with van der Waals surface area (Å²) in [5.74, 6) is 0.187. The van der Waals surface area contributed by atoms with Gasteiger partial charge in [-0.1, -0.05) is 23.7 Å². The van der Waals surface area contributed by atoms with Crippen molar-refractivity contribution >= 4 is 17.5 Å². The number of halogens is 1. The molecule has 2 unspecified atom stereocenters. The summed E-state index contributed by atoms with van der Waals surface area (Å²) < 4.78 is 5.79. The molecule has 0 aliphatic carbocycles. The largest absolute Gasteiger partial charge is 0.370 e. The first-order chi connectivity index (χ1) is 10.2. The molecule has 0 radical (unpaired) electrons. The minimum absolute atomic E-state index is 0.0870. The molecular formula is C15H20ClN3O2. The first-order valence-corrected chi connectivity index (χ1v) is 7.73. The Morgan fingerprint density at radius 2 is 2.38 bits per heavy atom. The number of nitrogens with one attached hydrogen (secondary N) is 2. The van der Waals surface area contributed by atoms with Crippen molar-refractivity contribution in [2.45, 2.75) is 25.0 Å². The average Bonchev–Trinajstić information content (AvgIpc) is 3.00. The third-order valence-electron chi connectivity index (χ3n) is 3.98. The monoisotopic (exact) mass is 309 g/mol. The molecule has 0 saturated carbocycles. The van der Waals surface area contributed by atoms with Gasteiger partial charge in [0.05, 0.1) is 13.2 Å². The van der Waals surface area contributed by atoms with E-state index in [2.05, 4.69) is 10.9 Å². The van der Waals surface area contributed by atoms with Crippen molar-refractivity contribution in [1.82, 2.24) is 15.8 Å². The number of hydrazine groups is 1. The molecule has 2 aliphatic rings. The number of amides is 1. The minimum Gasteiger partial charge on any atom is -0.370 e. The average molecular weight is 310 g/mol. The Morgan fingerprint density at radius 3 is 3.14 bits per heavy atom. The van der Waals surface area contributed by atoms with E-state index in [1.54, 1.807) is 0 Å². The zero-order chi connectivity index (χ0) is 14.7. The fraction of sp³-hybridized carbons (Fsp3) is 0.533. The van der Waals surface area contributed by atoms with Gasteiger partial charge in [-0.3, -0.25) is 15.6 Å². The molecule has 0 bridgehead atoms. The van der Waals surface area contributed by atoms with Gasteiger partial charge in [-0.25, -0.2) is 0 Å². The van der Waals surface area contributed by atoms with Crippen LogP contribution in [0.25, 0.3) is 0 Å². The summed E-state index contributed by atoms with van der Waals surface area (Å²) in [6, 6.07) is 7.89. The van der Waals surface area contributed by atoms with Gasteiger partial charge in [-0.05, 0) is 24.1 Å². The molecule has 1 amide bonds. The van der Waals surface area contributed by atoms with Crippen molar-refractivity contribution in [3.63, 3.8) is 0 Å². The van der Waals surface area contributed by atoms with Gasteiger partial charge in [-0.2, -0.15) is 0 Å². The molecule has 6 heteroatoms. The van der Waals surface area contributed by atoms with Crippen molar-refractivity contribution in [2.24, 2.45) is 0 Å². The Balaban J connectivity index is 1.61. The maximum absolute atomic E-state index is 12.4. The van der Waals surface area contributed by atoms with E-state index in [0.29, 0.717) is 31.1 Å². The molecule has 1 aromatic carbocycles. The van der Waals surface area contributed by atoms with Crippen LogP contribution in [0.15, 0.2) is 24.3 Å². The highest BCUT2D eigenvalue weighted by atomic mass is 35.5. The quantitative estimate of drug-likeness (QED) is 0.888. The molecule has 0 aromatic heterocycles. The molecule has 3 rings (SSSR count). The number of benzene rings is 1. The van der Waals surface area contributed by atoms with Crippen molar-refractivity contribution in [3.05, 3.63) is 34.9 Å². The second kappa shape index (κ2) is 6.75. The van der Waals surface area contributed by atoms with Crippen LogP contribution in [0.5, 0.6) is 0 Å². The summed E-state index contributed by atoms with van der Waals surface area (Å²) in [5.41, 5.74) is 7.22. The van der Waals surface area contributed by atoms with Crippen molar-refractivity contribution < 1.29 is 9.53 Å². The van der Waals surface area contributed by atoms with Gasteiger partial charge < -0.3 is 9.64 Å². The van der Waals surface area contributed by atoms with Crippen LogP contribution >= 0.6 is 11.6 Å². The molecule has 2 N–H and O–H groups in total. The van der Waals surface area contributed by atoms with E-state index in [-0.39, 0.29) is 18.1 Å². The minimum atomic E-state index is -0.0870. The van der Waals surface area contributed by atoms with Gasteiger partial charge in [0.25, 0.3) is 0 Å². The highest BCUT2D eigenvalue weighted by Crippen LogP contribution is 2.25. The summed E-state index contributed by atoms with van der Waals surface area (Å²) in [4.78, 5) is 14.3. The molecular weight excluding hydrogens is 290 g/mol. The number of hydrogen-bond donors (Lipinski definition) is 2. The summed E-state index contributed by atoms with van der Waals surface area (Å²) in [6.45, 7) is 2.75. The van der Waals surface area contributed by atoms with E-state index in [1.807, 2.05) is 29.2 Å². The predicted molar refractivity (Wildman–Crippen MR) is 80.9 cm³/mol. The SMILES string of the molecule is O=C(CC1CCNN1)N1CCOC(c2cccc(Cl)c2)C1. The van der Waals surface area contributed by atoms with E-state index < -0.39 is 0 Å². The zero-order valence-corrected chi connectivity index (χ0v) is 12.6. The highest BCUT2D eigenvalue weighted by Gasteiger charge is 2.27. The lowest BCUT2D eigenvalue weighted by molar-refractivity contribution is -0.139. The number of carbonyl (C=O) groups excluding carboxylic acids is 1. The van der Waals surface area contributed by atoms with Crippen LogP contribution in [-0.2, 0) is 9.53 Å². The highest BCUT2D eigenvalue weighted by molar-refractivity contribution is 6.30. The first-order valence-electron chi connectivity index (χ1n) is 7.35. The van der Waals surface area contributed by atoms with E-state index >= 15 is 0 Å². The normalized spacial score (nSPS) is 26.0. The zero-order valence-electron chi connectivity index (χ0n) is 11.8. The number of hydrogen-bond acceptors (Lipinski definition) is 4. The summed E-state index contributed by atoms with van der Waals surface area (Å²) in [7, 11) is 0. The lowest BCUT2D eigenvalue weighted by Gasteiger charge is -2.33. The fourth-order valence-corrected chi connectivity index (χ4v) is 3.01. The topological polar surface area (TPSA) is 53.6 Å². The van der Waals surface area contributed by atoms with E-state index in [4.69, 9.17) is 16.3 Å². The second-order valence-electron chi connectivity index (χ2n) is 5.52. The van der Waals surface area contributed by atoms with Crippen molar-refractivity contribution in [2.75, 3.05) is 26.2 Å². The molecule has 5 nitrogen and oxygen atoms in total. The van der Waals surface area contributed by atoms with Gasteiger partial charge in [0.2, 0.25) is 5.91 Å². The van der Waals surface area contributed by atoms with Crippen LogP contribution in [0.2, 0.25) is 5.02 Å². The Kier molecular flexibility index (Phi) is 4.75. The van der Waals surface area contributed by atoms with Crippen LogP contribution in [0, 0.1) is 0 Å². The molecule has 21 heavy (non-hydrogen) atoms. The second-order valence-corrected chi connectivity index (χ2v) is 5.95. The number of rotatable bonds is 3. The maximum atomic E-state index is 12.4. The first kappa shape index (κ1) is 14.8. The number of ether oxygens (including phenoxy) is 1. The van der Waals surface area contributed by atoms with Crippen LogP contribution in [0.3, 0.4) is 0 Å². The lowest BCUT2D eigenvalue weighted by atomic mass is 10.1. The Hall–Kier alpha value is -1.14. The van der Waals surface area contributed by atoms with E-state index in [1.165, 1.54) is 0 Å². The van der Waals surface area contributed by atoms with E-state index in [9.17, 15) is 4.79 Å². The molecule has 2 heterocycles. The summed E-state index contributed by atoms with van der Waals surface area (Å²) in [6.07, 6.45) is 1.44. The molecule has 2 saturated heterocycles. The van der Waals surface area contributed by atoms with Crippen molar-refractivity contribution in [3.8, 4) is 0 Å². The Labute approximate surface area is 129 Å². The maximum Gasteiger partial charge on any atom is 0.224 e. The van der Waals surface area contributed by atoms with Gasteiger partial charge in [0, 0.05) is 30.6 Å². The van der Waals surface area contributed by atoms with Crippen LogP contribution in [0.1, 0.15) is 24.5 Å². The third kappa shape index (κ3) is 3.74. The van der Waals surface area contributed by atoms with Crippen LogP contribution in [0.4, 0.5) is 0 Å². The van der Waals surface area contributed by atoms with Crippen LogP contribution < -0.4 is 10.9 Å². The lowest BCUT2D eigenvalue weighted by Crippen LogP contribution is -2.44. The number of morpholine rings is 1. The molecule has 2 atom stereocenters. The van der Waals surface area contributed by atoms with Gasteiger partial charge >= 0.3 is 0 Å². The molecule has 1 aromatic rings. The smallest absolute Gasteiger partial charge is 0.224 e. The molecule has 2 fully saturated rings. The molecule has 0 spiro atoms. The molecule has 2 aliphatic heterocycles. The van der Waals surface area contributed by atoms with Gasteiger partial charge in [-0.15, -0.1) is 0 Å². The molecule has 114 valence electrons. The standard InChI is InChI=1S/C15H20ClN3O2/c16-12-3-1-2-11(8-12)14-10-19(6-7-21-14)15(20)9-13-4-5-17-18-13/h1-3,8,13-14,17-18H,4-7,9-10H2. The van der Waals surface area contributed by atoms with Crippen molar-refractivity contribution in [1.29, 1.82) is 0 Å². The predicted octanol–water partition coefficient (Wildman–Crippen LogP) is 1.50.